The minimum Gasteiger partial charge on any atom is -0.466 e. The van der Waals surface area contributed by atoms with Gasteiger partial charge in [0.1, 0.15) is 66.5 Å². The van der Waals surface area contributed by atoms with Crippen LogP contribution >= 0.6 is 0 Å². The Hall–Kier alpha value is -6.70. The molecular weight excluding hydrogens is 1210 g/mol. The molecule has 26 nitrogen and oxygen atoms in total. The number of likely N-dealkylation sites (N-methyl/N-ethyl adjacent to an activating group) is 7. The third-order valence-electron chi connectivity index (χ3n) is 17.6. The number of rotatable bonds is 19. The van der Waals surface area contributed by atoms with E-state index in [4.69, 9.17) is 4.74 Å². The summed E-state index contributed by atoms with van der Waals surface area (Å²) in [7, 11) is 9.52. The van der Waals surface area contributed by atoms with Crippen LogP contribution in [0.3, 0.4) is 0 Å². The molecule has 1 rings (SSSR count). The van der Waals surface area contributed by atoms with Gasteiger partial charge in [-0.3, -0.25) is 57.5 Å². The Balaban J connectivity index is 4.62. The van der Waals surface area contributed by atoms with Crippen LogP contribution in [0.5, 0.6) is 0 Å². The molecule has 0 spiro atoms. The molecule has 538 valence electrons. The predicted octanol–water partition coefficient (Wildman–Crippen LogP) is 3.34. The summed E-state index contributed by atoms with van der Waals surface area (Å²) in [6, 6.07) is -15.1. The average molecular weight is 1330 g/mol. The van der Waals surface area contributed by atoms with Crippen LogP contribution in [0.2, 0.25) is 0 Å². The molecule has 0 aromatic heterocycles. The molecule has 0 bridgehead atoms. The van der Waals surface area contributed by atoms with E-state index in [0.717, 1.165) is 14.7 Å². The minimum absolute atomic E-state index is 0.0172. The summed E-state index contributed by atoms with van der Waals surface area (Å²) in [6.07, 6.45) is 1.62. The summed E-state index contributed by atoms with van der Waals surface area (Å²) >= 11 is 0. The van der Waals surface area contributed by atoms with Gasteiger partial charge in [0.2, 0.25) is 65.0 Å². The first-order valence-corrected chi connectivity index (χ1v) is 33.5. The first-order chi connectivity index (χ1) is 43.3. The smallest absolute Gasteiger partial charge is 0.308 e. The lowest BCUT2D eigenvalue weighted by Crippen LogP contribution is -2.64. The van der Waals surface area contributed by atoms with Crippen molar-refractivity contribution in [3.8, 4) is 0 Å². The second-order valence-corrected chi connectivity index (χ2v) is 28.6. The number of nitrogens with zero attached hydrogens (tertiary/aromatic N) is 7. The Kier molecular flexibility index (Phi) is 34.6. The van der Waals surface area contributed by atoms with Crippen LogP contribution in [0.25, 0.3) is 0 Å². The van der Waals surface area contributed by atoms with Crippen LogP contribution in [0.1, 0.15) is 176 Å². The molecule has 1 heterocycles. The molecule has 1 saturated heterocycles. The highest BCUT2D eigenvalue weighted by Gasteiger charge is 2.47. The van der Waals surface area contributed by atoms with Crippen molar-refractivity contribution in [2.24, 2.45) is 41.4 Å². The average Bonchev–Trinajstić information content (AvgIpc) is 0.812. The maximum absolute atomic E-state index is 15.3. The van der Waals surface area contributed by atoms with Crippen molar-refractivity contribution < 1.29 is 72.5 Å². The maximum Gasteiger partial charge on any atom is 0.308 e. The molecule has 0 radical (unpaired) electrons. The van der Waals surface area contributed by atoms with E-state index in [1.807, 2.05) is 41.5 Å². The van der Waals surface area contributed by atoms with Gasteiger partial charge in [0, 0.05) is 55.8 Å². The van der Waals surface area contributed by atoms with Crippen molar-refractivity contribution in [2.45, 2.75) is 255 Å². The molecule has 0 saturated carbocycles. The van der Waals surface area contributed by atoms with Crippen LogP contribution in [0.4, 0.5) is 0 Å². The largest absolute Gasteiger partial charge is 0.466 e. The molecular formula is C68H121N11O15. The lowest BCUT2D eigenvalue weighted by molar-refractivity contribution is -0.157. The van der Waals surface area contributed by atoms with Gasteiger partial charge >= 0.3 is 5.97 Å². The predicted molar refractivity (Wildman–Crippen MR) is 359 cm³/mol. The van der Waals surface area contributed by atoms with Crippen LogP contribution in [-0.2, 0) is 62.3 Å². The van der Waals surface area contributed by atoms with E-state index in [1.54, 1.807) is 67.5 Å². The molecule has 0 aromatic rings. The van der Waals surface area contributed by atoms with Crippen LogP contribution in [-0.4, -0.2) is 250 Å². The van der Waals surface area contributed by atoms with E-state index >= 15 is 28.8 Å². The number of carbonyl (C=O) groups is 12. The molecule has 6 N–H and O–H groups in total. The van der Waals surface area contributed by atoms with Gasteiger partial charge in [-0.25, -0.2) is 0 Å². The van der Waals surface area contributed by atoms with Gasteiger partial charge in [-0.15, -0.1) is 0 Å². The van der Waals surface area contributed by atoms with E-state index in [9.17, 15) is 39.0 Å². The fourth-order valence-electron chi connectivity index (χ4n) is 11.8. The Morgan fingerprint density at radius 3 is 1.36 bits per heavy atom. The summed E-state index contributed by atoms with van der Waals surface area (Å²) in [5.74, 6) is -12.9. The van der Waals surface area contributed by atoms with E-state index < -0.39 is 179 Å². The third-order valence-corrected chi connectivity index (χ3v) is 17.6. The number of allylic oxidation sites excluding steroid dienone is 2. The second-order valence-electron chi connectivity index (χ2n) is 28.6. The number of carbonyl (C=O) groups excluding carboxylic acids is 12. The van der Waals surface area contributed by atoms with Gasteiger partial charge in [-0.1, -0.05) is 102 Å². The number of aliphatic hydroxyl groups excluding tert-OH is 1. The van der Waals surface area contributed by atoms with Gasteiger partial charge in [-0.05, 0) is 116 Å². The number of amides is 11. The molecule has 2 unspecified atom stereocenters. The second kappa shape index (κ2) is 38.1. The summed E-state index contributed by atoms with van der Waals surface area (Å²) in [6.45, 7) is 31.5. The van der Waals surface area contributed by atoms with Gasteiger partial charge in [0.05, 0.1) is 24.2 Å². The fraction of sp³-hybridized carbons (Fsp3) is 0.794. The van der Waals surface area contributed by atoms with Gasteiger partial charge in [-0.2, -0.15) is 0 Å². The topological polar surface area (TPSA) is 325 Å². The Labute approximate surface area is 561 Å². The van der Waals surface area contributed by atoms with E-state index in [2.05, 4.69) is 21.3 Å². The molecule has 11 amide bonds. The molecule has 0 aromatic carbocycles. The van der Waals surface area contributed by atoms with Crippen molar-refractivity contribution in [1.82, 2.24) is 55.6 Å². The number of hydrogen-bond donors (Lipinski definition) is 6. The summed E-state index contributed by atoms with van der Waals surface area (Å²) in [4.78, 5) is 185. The maximum atomic E-state index is 15.3. The molecule has 1 aliphatic heterocycles. The summed E-state index contributed by atoms with van der Waals surface area (Å²) in [5, 5.41) is 34.5. The lowest BCUT2D eigenvalue weighted by atomic mass is 9.91. The highest BCUT2D eigenvalue weighted by molar-refractivity contribution is 6.00. The van der Waals surface area contributed by atoms with Crippen molar-refractivity contribution >= 4 is 70.9 Å². The van der Waals surface area contributed by atoms with Crippen LogP contribution in [0, 0.1) is 41.4 Å². The number of aliphatic hydroxyl groups is 2. The van der Waals surface area contributed by atoms with E-state index in [1.165, 1.54) is 104 Å². The van der Waals surface area contributed by atoms with Crippen molar-refractivity contribution in [2.75, 3.05) is 55.9 Å². The zero-order chi connectivity index (χ0) is 73.0. The SMILES string of the molecule is C/C=C/C[C@@H](C)[C@@H](O)[C@H]1C(=O)N[C@@H](CC)C(=O)N(C)C(CC(C)C(=O)OCC)C(=O)N(C)[C@@H](CC(C)(C)O)C(=O)N[C@@H](C(C)C)C(=O)N(C)[C@@H](CC(C)C)C(=O)N[C@@H](C)C(=O)N[C@H](C)C(=O)N(C)[C@@H](CC(C)C)C(=O)N(C)[C@@H](CC(C)C)C(=O)N(C)[C@@H](C(C)C)C(=O)N1C. The standard InChI is InChI=1S/C68H121N11O15/c1-27-30-31-42(14)55(80)54-59(84)71-46(28-2)61(86)75(22)50(35-43(15)67(92)94-29-3)63(88)77(24)51(36-68(18,19)93)58(83)72-52(40(10)11)65(90)73(20)47(32-37(4)5)57(82)69-44(16)56(81)70-45(17)60(85)74(21)48(33-38(6)7)62(87)76(23)49(34-39(8)9)64(89)78(25)53(41(12)13)66(91)79(54)26/h27,30,37-55,80,93H,28-29,31-36H2,1-26H3,(H,69,82)(H,70,81)(H,71,84)(H,72,83)/b30-27+/t42-,43?,44+,45-,46+,47+,48+,49+,50?,51+,52+,53+,54+,55-/m1/s1. The fourth-order valence-corrected chi connectivity index (χ4v) is 11.8. The van der Waals surface area contributed by atoms with E-state index in [0.29, 0.717) is 0 Å². The summed E-state index contributed by atoms with van der Waals surface area (Å²) in [5.41, 5.74) is -1.65. The lowest BCUT2D eigenvalue weighted by Gasteiger charge is -2.41. The van der Waals surface area contributed by atoms with E-state index in [-0.39, 0.29) is 62.9 Å². The molecule has 1 fully saturated rings. The zero-order valence-electron chi connectivity index (χ0n) is 61.6. The first-order valence-electron chi connectivity index (χ1n) is 33.5. The van der Waals surface area contributed by atoms with Crippen molar-refractivity contribution in [1.29, 1.82) is 0 Å². The minimum atomic E-state index is -1.72. The molecule has 26 heteroatoms. The van der Waals surface area contributed by atoms with Crippen molar-refractivity contribution in [3.05, 3.63) is 12.2 Å². The Bertz CT molecular complexity index is 2620. The quantitative estimate of drug-likeness (QED) is 0.0798. The van der Waals surface area contributed by atoms with Gasteiger partial charge < -0.3 is 70.5 Å². The van der Waals surface area contributed by atoms with Gasteiger partial charge in [0.15, 0.2) is 0 Å². The highest BCUT2D eigenvalue weighted by Crippen LogP contribution is 2.27. The first kappa shape index (κ1) is 85.3. The molecule has 0 aliphatic carbocycles. The Morgan fingerprint density at radius 1 is 0.500 bits per heavy atom. The third kappa shape index (κ3) is 23.9. The number of nitrogens with one attached hydrogen (secondary N) is 4. The Morgan fingerprint density at radius 2 is 0.915 bits per heavy atom. The normalized spacial score (nSPS) is 26.7. The number of ether oxygens (including phenoxy) is 1. The number of hydrogen-bond acceptors (Lipinski definition) is 15. The molecule has 94 heavy (non-hydrogen) atoms. The van der Waals surface area contributed by atoms with Crippen LogP contribution in [0.15, 0.2) is 12.2 Å². The highest BCUT2D eigenvalue weighted by atomic mass is 16.5. The summed E-state index contributed by atoms with van der Waals surface area (Å²) < 4.78 is 5.32. The van der Waals surface area contributed by atoms with Crippen molar-refractivity contribution in [3.63, 3.8) is 0 Å². The number of esters is 1. The molecule has 1 aliphatic rings. The zero-order valence-corrected chi connectivity index (χ0v) is 61.6. The molecule has 14 atom stereocenters. The van der Waals surface area contributed by atoms with Crippen LogP contribution < -0.4 is 21.3 Å². The van der Waals surface area contributed by atoms with Gasteiger partial charge in [0.25, 0.3) is 0 Å². The monoisotopic (exact) mass is 1330 g/mol.